The zero-order valence-electron chi connectivity index (χ0n) is 16.4. The van der Waals surface area contributed by atoms with Gasteiger partial charge in [-0.15, -0.1) is 0 Å². The number of aliphatic imine (C=N–C) groups is 1. The van der Waals surface area contributed by atoms with E-state index < -0.39 is 0 Å². The number of rotatable bonds is 5. The van der Waals surface area contributed by atoms with Crippen LogP contribution < -0.4 is 9.64 Å². The first-order valence-corrected chi connectivity index (χ1v) is 10.8. The number of carbonyl (C=O) groups is 2. The van der Waals surface area contributed by atoms with Crippen LogP contribution in [0.25, 0.3) is 6.08 Å². The lowest BCUT2D eigenvalue weighted by Crippen LogP contribution is -2.29. The van der Waals surface area contributed by atoms with Gasteiger partial charge in [0.05, 0.1) is 15.1 Å². The number of amides is 1. The van der Waals surface area contributed by atoms with Crippen LogP contribution in [0.3, 0.4) is 0 Å². The zero-order valence-corrected chi connectivity index (χ0v) is 18.8. The molecule has 1 saturated heterocycles. The maximum absolute atomic E-state index is 13.2. The number of nitrogens with zero attached hydrogens (tertiary/aromatic N) is 2. The molecule has 1 heterocycles. The van der Waals surface area contributed by atoms with Crippen molar-refractivity contribution in [1.29, 1.82) is 0 Å². The Labute approximate surface area is 183 Å². The molecule has 0 bridgehead atoms. The summed E-state index contributed by atoms with van der Waals surface area (Å²) >= 11 is 4.78. The van der Waals surface area contributed by atoms with Crippen molar-refractivity contribution in [3.05, 3.63) is 63.0 Å². The SMILES string of the molecule is CCCN=C1S/C(=C\c2ccc(OC(C)=O)c(Br)c2)C(=O)N1c1ccccc1C. The molecule has 150 valence electrons. The van der Waals surface area contributed by atoms with Crippen LogP contribution in [0.2, 0.25) is 0 Å². The molecule has 0 unspecified atom stereocenters. The molecule has 29 heavy (non-hydrogen) atoms. The van der Waals surface area contributed by atoms with Gasteiger partial charge in [-0.05, 0) is 76.4 Å². The van der Waals surface area contributed by atoms with E-state index in [1.807, 2.05) is 49.4 Å². The molecular weight excluding hydrogens is 452 g/mol. The lowest BCUT2D eigenvalue weighted by Gasteiger charge is -2.17. The van der Waals surface area contributed by atoms with Gasteiger partial charge in [0.1, 0.15) is 5.75 Å². The fourth-order valence-electron chi connectivity index (χ4n) is 2.81. The van der Waals surface area contributed by atoms with Gasteiger partial charge in [-0.2, -0.15) is 0 Å². The molecule has 3 rings (SSSR count). The fraction of sp³-hybridized carbons (Fsp3) is 0.227. The number of esters is 1. The first-order valence-electron chi connectivity index (χ1n) is 9.22. The second-order valence-electron chi connectivity index (χ2n) is 6.49. The van der Waals surface area contributed by atoms with E-state index in [0.29, 0.717) is 26.8 Å². The number of anilines is 1. The molecular formula is C22H21BrN2O3S. The van der Waals surface area contributed by atoms with Crippen molar-refractivity contribution >= 4 is 56.5 Å². The highest BCUT2D eigenvalue weighted by molar-refractivity contribution is 9.10. The minimum atomic E-state index is -0.385. The molecule has 0 aromatic heterocycles. The Morgan fingerprint density at radius 3 is 2.69 bits per heavy atom. The summed E-state index contributed by atoms with van der Waals surface area (Å²) in [5, 5.41) is 0.688. The van der Waals surface area contributed by atoms with Crippen LogP contribution in [-0.2, 0) is 9.59 Å². The van der Waals surface area contributed by atoms with Crippen LogP contribution in [0.5, 0.6) is 5.75 Å². The second kappa shape index (κ2) is 9.41. The summed E-state index contributed by atoms with van der Waals surface area (Å²) in [6.45, 7) is 6.06. The number of thioether (sulfide) groups is 1. The summed E-state index contributed by atoms with van der Waals surface area (Å²) in [4.78, 5) is 31.3. The molecule has 0 radical (unpaired) electrons. The first kappa shape index (κ1) is 21.3. The zero-order chi connectivity index (χ0) is 21.0. The largest absolute Gasteiger partial charge is 0.426 e. The summed E-state index contributed by atoms with van der Waals surface area (Å²) in [5.41, 5.74) is 2.68. The van der Waals surface area contributed by atoms with Crippen molar-refractivity contribution in [2.24, 2.45) is 4.99 Å². The second-order valence-corrected chi connectivity index (χ2v) is 8.35. The Kier molecular flexibility index (Phi) is 6.92. The van der Waals surface area contributed by atoms with Crippen molar-refractivity contribution in [1.82, 2.24) is 0 Å². The summed E-state index contributed by atoms with van der Waals surface area (Å²) < 4.78 is 5.78. The highest BCUT2D eigenvalue weighted by Crippen LogP contribution is 2.38. The highest BCUT2D eigenvalue weighted by atomic mass is 79.9. The van der Waals surface area contributed by atoms with E-state index in [1.165, 1.54) is 18.7 Å². The van der Waals surface area contributed by atoms with Gasteiger partial charge in [0, 0.05) is 13.5 Å². The Morgan fingerprint density at radius 2 is 2.03 bits per heavy atom. The normalized spacial score (nSPS) is 16.7. The third-order valence-electron chi connectivity index (χ3n) is 4.14. The van der Waals surface area contributed by atoms with Crippen LogP contribution in [-0.4, -0.2) is 23.6 Å². The van der Waals surface area contributed by atoms with Crippen LogP contribution in [0.4, 0.5) is 5.69 Å². The van der Waals surface area contributed by atoms with E-state index in [-0.39, 0.29) is 11.9 Å². The Bertz CT molecular complexity index is 1020. The lowest BCUT2D eigenvalue weighted by molar-refractivity contribution is -0.131. The molecule has 0 saturated carbocycles. The number of aryl methyl sites for hydroxylation is 1. The third-order valence-corrected chi connectivity index (χ3v) is 5.77. The quantitative estimate of drug-likeness (QED) is 0.324. The molecule has 1 aliphatic rings. The van der Waals surface area contributed by atoms with Gasteiger partial charge < -0.3 is 4.74 Å². The summed E-state index contributed by atoms with van der Waals surface area (Å²) in [6, 6.07) is 13.1. The van der Waals surface area contributed by atoms with Gasteiger partial charge >= 0.3 is 5.97 Å². The van der Waals surface area contributed by atoms with Gasteiger partial charge in [0.25, 0.3) is 5.91 Å². The molecule has 1 amide bonds. The monoisotopic (exact) mass is 472 g/mol. The number of carbonyl (C=O) groups excluding carboxylic acids is 2. The summed E-state index contributed by atoms with van der Waals surface area (Å²) in [7, 11) is 0. The molecule has 0 aliphatic carbocycles. The standard InChI is InChI=1S/C22H21BrN2O3S/c1-4-11-24-22-25(18-8-6-5-7-14(18)2)21(27)20(29-22)13-16-9-10-19(17(23)12-16)28-15(3)26/h5-10,12-13H,4,11H2,1-3H3/b20-13-,24-22?. The van der Waals surface area contributed by atoms with Gasteiger partial charge in [0.2, 0.25) is 0 Å². The van der Waals surface area contributed by atoms with Gasteiger partial charge in [-0.1, -0.05) is 31.2 Å². The van der Waals surface area contributed by atoms with E-state index >= 15 is 0 Å². The average molecular weight is 473 g/mol. The predicted molar refractivity (Wildman–Crippen MR) is 122 cm³/mol. The molecule has 2 aromatic carbocycles. The number of amidine groups is 1. The Hall–Kier alpha value is -2.38. The van der Waals surface area contributed by atoms with E-state index in [9.17, 15) is 9.59 Å². The van der Waals surface area contributed by atoms with Crippen LogP contribution in [0.15, 0.2) is 56.8 Å². The topological polar surface area (TPSA) is 59.0 Å². The van der Waals surface area contributed by atoms with E-state index in [4.69, 9.17) is 4.74 Å². The van der Waals surface area contributed by atoms with Crippen molar-refractivity contribution in [3.8, 4) is 5.75 Å². The maximum atomic E-state index is 13.2. The number of ether oxygens (including phenoxy) is 1. The maximum Gasteiger partial charge on any atom is 0.308 e. The van der Waals surface area contributed by atoms with E-state index in [2.05, 4.69) is 27.8 Å². The number of halogens is 1. The molecule has 1 fully saturated rings. The average Bonchev–Trinajstić information content (AvgIpc) is 2.98. The molecule has 7 heteroatoms. The van der Waals surface area contributed by atoms with Crippen LogP contribution in [0, 0.1) is 6.92 Å². The minimum absolute atomic E-state index is 0.0978. The van der Waals surface area contributed by atoms with Crippen LogP contribution in [0.1, 0.15) is 31.4 Å². The number of hydrogen-bond acceptors (Lipinski definition) is 5. The van der Waals surface area contributed by atoms with Crippen molar-refractivity contribution in [2.45, 2.75) is 27.2 Å². The van der Waals surface area contributed by atoms with Gasteiger partial charge in [0.15, 0.2) is 5.17 Å². The molecule has 2 aromatic rings. The van der Waals surface area contributed by atoms with E-state index in [0.717, 1.165) is 23.2 Å². The molecule has 0 N–H and O–H groups in total. The Balaban J connectivity index is 1.96. The van der Waals surface area contributed by atoms with Gasteiger partial charge in [-0.3, -0.25) is 19.5 Å². The van der Waals surface area contributed by atoms with Crippen molar-refractivity contribution in [3.63, 3.8) is 0 Å². The number of para-hydroxylation sites is 1. The third kappa shape index (κ3) is 4.97. The fourth-order valence-corrected chi connectivity index (χ4v) is 4.29. The smallest absolute Gasteiger partial charge is 0.308 e. The van der Waals surface area contributed by atoms with Gasteiger partial charge in [-0.25, -0.2) is 0 Å². The first-order chi connectivity index (χ1) is 13.9. The molecule has 1 aliphatic heterocycles. The number of benzene rings is 2. The number of hydrogen-bond donors (Lipinski definition) is 0. The minimum Gasteiger partial charge on any atom is -0.426 e. The van der Waals surface area contributed by atoms with E-state index in [1.54, 1.807) is 11.0 Å². The summed E-state index contributed by atoms with van der Waals surface area (Å²) in [5.74, 6) is -0.0416. The van der Waals surface area contributed by atoms with Crippen molar-refractivity contribution in [2.75, 3.05) is 11.4 Å². The Morgan fingerprint density at radius 1 is 1.28 bits per heavy atom. The molecule has 0 spiro atoms. The molecule has 0 atom stereocenters. The predicted octanol–water partition coefficient (Wildman–Crippen LogP) is 5.57. The summed E-state index contributed by atoms with van der Waals surface area (Å²) in [6.07, 6.45) is 2.73. The lowest BCUT2D eigenvalue weighted by atomic mass is 10.1. The van der Waals surface area contributed by atoms with Crippen molar-refractivity contribution < 1.29 is 14.3 Å². The molecule has 5 nitrogen and oxygen atoms in total. The highest BCUT2D eigenvalue weighted by Gasteiger charge is 2.35. The van der Waals surface area contributed by atoms with Crippen LogP contribution >= 0.6 is 27.7 Å².